The Labute approximate surface area is 145 Å². The van der Waals surface area contributed by atoms with Crippen LogP contribution in [0.15, 0.2) is 30.3 Å². The molecule has 126 valence electrons. The Balaban J connectivity index is 0.00000220. The van der Waals surface area contributed by atoms with Gasteiger partial charge in [-0.2, -0.15) is 0 Å². The first kappa shape index (κ1) is 21.2. The molecule has 0 aromatic heterocycles. The molecule has 1 aromatic carbocycles. The van der Waals surface area contributed by atoms with Crippen molar-refractivity contribution in [2.75, 3.05) is 26.7 Å². The molecule has 0 spiro atoms. The summed E-state index contributed by atoms with van der Waals surface area (Å²) in [6.07, 6.45) is 0. The number of rotatable bonds is 3. The van der Waals surface area contributed by atoms with Gasteiger partial charge in [0.25, 0.3) is 0 Å². The minimum absolute atomic E-state index is 0. The fourth-order valence-corrected chi connectivity index (χ4v) is 2.85. The summed E-state index contributed by atoms with van der Waals surface area (Å²) in [5.41, 5.74) is 7.28. The SMILES string of the molecule is CC(C(=O)N1CCN(C)CC1C)C(N)c1ccccc1.Cl.Cl. The summed E-state index contributed by atoms with van der Waals surface area (Å²) in [6, 6.07) is 9.88. The minimum atomic E-state index is -0.240. The summed E-state index contributed by atoms with van der Waals surface area (Å²) < 4.78 is 0. The highest BCUT2D eigenvalue weighted by Crippen LogP contribution is 2.22. The Morgan fingerprint density at radius 3 is 2.36 bits per heavy atom. The van der Waals surface area contributed by atoms with E-state index in [0.717, 1.165) is 25.2 Å². The van der Waals surface area contributed by atoms with Gasteiger partial charge in [0.2, 0.25) is 5.91 Å². The summed E-state index contributed by atoms with van der Waals surface area (Å²) in [5.74, 6) is -0.0230. The van der Waals surface area contributed by atoms with Crippen molar-refractivity contribution in [3.05, 3.63) is 35.9 Å². The highest BCUT2D eigenvalue weighted by molar-refractivity contribution is 5.85. The van der Waals surface area contributed by atoms with Crippen molar-refractivity contribution in [1.82, 2.24) is 9.80 Å². The lowest BCUT2D eigenvalue weighted by Gasteiger charge is -2.40. The fourth-order valence-electron chi connectivity index (χ4n) is 2.85. The van der Waals surface area contributed by atoms with E-state index in [9.17, 15) is 4.79 Å². The van der Waals surface area contributed by atoms with E-state index in [2.05, 4.69) is 18.9 Å². The molecule has 1 heterocycles. The topological polar surface area (TPSA) is 49.6 Å². The number of piperazine rings is 1. The second kappa shape index (κ2) is 9.36. The molecule has 1 amide bonds. The fraction of sp³-hybridized carbons (Fsp3) is 0.562. The van der Waals surface area contributed by atoms with Crippen molar-refractivity contribution in [2.24, 2.45) is 11.7 Å². The van der Waals surface area contributed by atoms with Crippen LogP contribution in [0, 0.1) is 5.92 Å². The number of nitrogens with two attached hydrogens (primary N) is 1. The van der Waals surface area contributed by atoms with Crippen LogP contribution in [0.25, 0.3) is 0 Å². The van der Waals surface area contributed by atoms with E-state index < -0.39 is 0 Å². The Hall–Kier alpha value is -0.810. The molecule has 0 bridgehead atoms. The number of likely N-dealkylation sites (N-methyl/N-ethyl adjacent to an activating group) is 1. The zero-order chi connectivity index (χ0) is 14.7. The maximum Gasteiger partial charge on any atom is 0.227 e. The van der Waals surface area contributed by atoms with Crippen LogP contribution >= 0.6 is 24.8 Å². The Morgan fingerprint density at radius 1 is 1.23 bits per heavy atom. The predicted octanol–water partition coefficient (Wildman–Crippen LogP) is 2.33. The molecule has 4 nitrogen and oxygen atoms in total. The van der Waals surface area contributed by atoms with E-state index in [4.69, 9.17) is 5.73 Å². The summed E-state index contributed by atoms with van der Waals surface area (Å²) in [6.45, 7) is 6.70. The van der Waals surface area contributed by atoms with Crippen LogP contribution in [0.4, 0.5) is 0 Å². The van der Waals surface area contributed by atoms with Crippen LogP contribution in [0.1, 0.15) is 25.5 Å². The molecule has 2 N–H and O–H groups in total. The molecule has 0 aliphatic carbocycles. The molecule has 6 heteroatoms. The van der Waals surface area contributed by atoms with E-state index >= 15 is 0 Å². The molecule has 3 unspecified atom stereocenters. The zero-order valence-corrected chi connectivity index (χ0v) is 15.1. The van der Waals surface area contributed by atoms with Gasteiger partial charge >= 0.3 is 0 Å². The lowest BCUT2D eigenvalue weighted by atomic mass is 9.93. The summed E-state index contributed by atoms with van der Waals surface area (Å²) >= 11 is 0. The third-order valence-electron chi connectivity index (χ3n) is 4.23. The van der Waals surface area contributed by atoms with Crippen LogP contribution in [0.3, 0.4) is 0 Å². The van der Waals surface area contributed by atoms with Crippen molar-refractivity contribution in [3.63, 3.8) is 0 Å². The smallest absolute Gasteiger partial charge is 0.227 e. The number of nitrogens with zero attached hydrogens (tertiary/aromatic N) is 2. The van der Waals surface area contributed by atoms with Gasteiger partial charge in [-0.1, -0.05) is 37.3 Å². The molecule has 1 aliphatic rings. The van der Waals surface area contributed by atoms with Gasteiger partial charge in [-0.05, 0) is 19.5 Å². The van der Waals surface area contributed by atoms with Gasteiger partial charge in [0.05, 0.1) is 5.92 Å². The standard InChI is InChI=1S/C16H25N3O.2ClH/c1-12-11-18(3)9-10-19(12)16(20)13(2)15(17)14-7-5-4-6-8-14;;/h4-8,12-13,15H,9-11,17H2,1-3H3;2*1H. The van der Waals surface area contributed by atoms with Gasteiger partial charge in [0.15, 0.2) is 0 Å². The molecule has 1 saturated heterocycles. The lowest BCUT2D eigenvalue weighted by molar-refractivity contribution is -0.140. The Morgan fingerprint density at radius 2 is 1.82 bits per heavy atom. The maximum atomic E-state index is 12.7. The number of benzene rings is 1. The van der Waals surface area contributed by atoms with Gasteiger partial charge in [0.1, 0.15) is 0 Å². The summed E-state index contributed by atoms with van der Waals surface area (Å²) in [4.78, 5) is 16.9. The maximum absolute atomic E-state index is 12.7. The molecule has 1 aromatic rings. The lowest BCUT2D eigenvalue weighted by Crippen LogP contribution is -2.54. The van der Waals surface area contributed by atoms with Crippen molar-refractivity contribution in [3.8, 4) is 0 Å². The summed E-state index contributed by atoms with van der Waals surface area (Å²) in [5, 5.41) is 0. The molecule has 22 heavy (non-hydrogen) atoms. The average Bonchev–Trinajstić information content (AvgIpc) is 2.46. The van der Waals surface area contributed by atoms with Gasteiger partial charge in [-0.3, -0.25) is 4.79 Å². The predicted molar refractivity (Wildman–Crippen MR) is 95.7 cm³/mol. The third kappa shape index (κ3) is 4.85. The van der Waals surface area contributed by atoms with Crippen LogP contribution in [0.5, 0.6) is 0 Å². The third-order valence-corrected chi connectivity index (χ3v) is 4.23. The molecular formula is C16H27Cl2N3O. The molecule has 1 aliphatic heterocycles. The number of hydrogen-bond acceptors (Lipinski definition) is 3. The van der Waals surface area contributed by atoms with E-state index in [1.165, 1.54) is 0 Å². The number of carbonyl (C=O) groups excluding carboxylic acids is 1. The van der Waals surface area contributed by atoms with E-state index in [0.29, 0.717) is 0 Å². The van der Waals surface area contributed by atoms with Crippen molar-refractivity contribution < 1.29 is 4.79 Å². The van der Waals surface area contributed by atoms with Gasteiger partial charge in [-0.15, -0.1) is 24.8 Å². The van der Waals surface area contributed by atoms with Crippen molar-refractivity contribution in [2.45, 2.75) is 25.9 Å². The number of halogens is 2. The number of hydrogen-bond donors (Lipinski definition) is 1. The highest BCUT2D eigenvalue weighted by Gasteiger charge is 2.31. The Kier molecular flexibility index (Phi) is 9.01. The molecule has 3 atom stereocenters. The first-order valence-corrected chi connectivity index (χ1v) is 7.30. The molecule has 1 fully saturated rings. The zero-order valence-electron chi connectivity index (χ0n) is 13.4. The number of amides is 1. The van der Waals surface area contributed by atoms with Gasteiger partial charge < -0.3 is 15.5 Å². The van der Waals surface area contributed by atoms with Gasteiger partial charge in [0, 0.05) is 31.7 Å². The molecule has 2 rings (SSSR count). The molecule has 0 radical (unpaired) electrons. The normalized spacial score (nSPS) is 21.3. The van der Waals surface area contributed by atoms with Gasteiger partial charge in [-0.25, -0.2) is 0 Å². The van der Waals surface area contributed by atoms with E-state index in [1.54, 1.807) is 0 Å². The second-order valence-corrected chi connectivity index (χ2v) is 5.87. The monoisotopic (exact) mass is 347 g/mol. The molecule has 0 saturated carbocycles. The average molecular weight is 348 g/mol. The number of carbonyl (C=O) groups is 1. The van der Waals surface area contributed by atoms with Crippen molar-refractivity contribution in [1.29, 1.82) is 0 Å². The first-order valence-electron chi connectivity index (χ1n) is 7.30. The largest absolute Gasteiger partial charge is 0.337 e. The quantitative estimate of drug-likeness (QED) is 0.912. The van der Waals surface area contributed by atoms with Crippen LogP contribution in [-0.2, 0) is 4.79 Å². The highest BCUT2D eigenvalue weighted by atomic mass is 35.5. The minimum Gasteiger partial charge on any atom is -0.337 e. The van der Waals surface area contributed by atoms with E-state index in [-0.39, 0.29) is 48.7 Å². The van der Waals surface area contributed by atoms with Crippen molar-refractivity contribution >= 4 is 30.7 Å². The van der Waals surface area contributed by atoms with Crippen LogP contribution in [0.2, 0.25) is 0 Å². The first-order chi connectivity index (χ1) is 9.50. The van der Waals surface area contributed by atoms with Crippen LogP contribution < -0.4 is 5.73 Å². The second-order valence-electron chi connectivity index (χ2n) is 5.87. The summed E-state index contributed by atoms with van der Waals surface area (Å²) in [7, 11) is 2.09. The Bertz CT molecular complexity index is 458. The van der Waals surface area contributed by atoms with E-state index in [1.807, 2.05) is 42.2 Å². The molecular weight excluding hydrogens is 321 g/mol. The van der Waals surface area contributed by atoms with Crippen LogP contribution in [-0.4, -0.2) is 48.4 Å².